The summed E-state index contributed by atoms with van der Waals surface area (Å²) in [4.78, 5) is 40.9. The first kappa shape index (κ1) is 27.6. The van der Waals surface area contributed by atoms with Gasteiger partial charge in [-0.25, -0.2) is 4.79 Å². The fourth-order valence-corrected chi connectivity index (χ4v) is 4.62. The Hall–Kier alpha value is -4.39. The SMILES string of the molecule is CCCOC(=O)c1cccc(N2C(=O)C(=O)/C(=C(/O)c3cc(C(C)(C)C)ccc3C)C2c2ccc(O)cc2)c1. The zero-order valence-electron chi connectivity index (χ0n) is 22.8. The number of rotatable bonds is 6. The highest BCUT2D eigenvalue weighted by Crippen LogP contribution is 2.43. The number of aliphatic hydroxyl groups excluding tert-OH is 1. The molecule has 7 nitrogen and oxygen atoms in total. The van der Waals surface area contributed by atoms with Crippen LogP contribution in [0.1, 0.15) is 72.8 Å². The van der Waals surface area contributed by atoms with Gasteiger partial charge in [0.25, 0.3) is 11.7 Å². The van der Waals surface area contributed by atoms with Gasteiger partial charge in [0, 0.05) is 11.3 Å². The minimum absolute atomic E-state index is 0.0186. The second-order valence-electron chi connectivity index (χ2n) is 10.7. The first-order valence-corrected chi connectivity index (χ1v) is 12.9. The fourth-order valence-electron chi connectivity index (χ4n) is 4.62. The number of ketones is 1. The quantitative estimate of drug-likeness (QED) is 0.171. The highest BCUT2D eigenvalue weighted by Gasteiger charge is 2.47. The van der Waals surface area contributed by atoms with Crippen LogP contribution in [-0.2, 0) is 19.7 Å². The number of nitrogens with zero attached hydrogens (tertiary/aromatic N) is 1. The van der Waals surface area contributed by atoms with Gasteiger partial charge in [-0.3, -0.25) is 14.5 Å². The number of aliphatic hydroxyl groups is 1. The topological polar surface area (TPSA) is 104 Å². The molecule has 1 saturated heterocycles. The van der Waals surface area contributed by atoms with Crippen molar-refractivity contribution < 1.29 is 29.3 Å². The largest absolute Gasteiger partial charge is 0.508 e. The van der Waals surface area contributed by atoms with E-state index in [1.54, 1.807) is 30.3 Å². The third kappa shape index (κ3) is 5.43. The minimum atomic E-state index is -0.995. The lowest BCUT2D eigenvalue weighted by molar-refractivity contribution is -0.132. The molecule has 202 valence electrons. The van der Waals surface area contributed by atoms with Gasteiger partial charge in [0.2, 0.25) is 0 Å². The predicted molar refractivity (Wildman–Crippen MR) is 150 cm³/mol. The van der Waals surface area contributed by atoms with Crippen LogP contribution in [0.2, 0.25) is 0 Å². The summed E-state index contributed by atoms with van der Waals surface area (Å²) in [5, 5.41) is 21.5. The third-order valence-corrected chi connectivity index (χ3v) is 6.81. The molecule has 0 aromatic heterocycles. The van der Waals surface area contributed by atoms with Gasteiger partial charge in [-0.15, -0.1) is 0 Å². The Bertz CT molecular complexity index is 1460. The van der Waals surface area contributed by atoms with Crippen molar-refractivity contribution in [3.8, 4) is 5.75 Å². The molecular formula is C32H33NO6. The van der Waals surface area contributed by atoms with Gasteiger partial charge in [0.1, 0.15) is 11.5 Å². The highest BCUT2D eigenvalue weighted by molar-refractivity contribution is 6.51. The molecule has 7 heteroatoms. The molecule has 3 aromatic carbocycles. The lowest BCUT2D eigenvalue weighted by atomic mass is 9.84. The number of phenols is 1. The van der Waals surface area contributed by atoms with Gasteiger partial charge >= 0.3 is 5.97 Å². The summed E-state index contributed by atoms with van der Waals surface area (Å²) in [7, 11) is 0. The van der Waals surface area contributed by atoms with E-state index >= 15 is 0 Å². The van der Waals surface area contributed by atoms with E-state index in [1.165, 1.54) is 23.1 Å². The molecule has 1 fully saturated rings. The Morgan fingerprint density at radius 2 is 1.69 bits per heavy atom. The Morgan fingerprint density at radius 1 is 1.00 bits per heavy atom. The van der Waals surface area contributed by atoms with E-state index < -0.39 is 23.7 Å². The second kappa shape index (κ2) is 10.8. The molecule has 4 rings (SSSR count). The summed E-state index contributed by atoms with van der Waals surface area (Å²) in [5.74, 6) is -2.48. The van der Waals surface area contributed by atoms with Crippen molar-refractivity contribution in [2.24, 2.45) is 0 Å². The standard InChI is InChI=1S/C32H33NO6/c1-6-16-39-31(38)21-8-7-9-23(17-21)33-27(20-11-14-24(34)15-12-20)26(29(36)30(33)37)28(35)25-18-22(32(3,4)5)13-10-19(25)2/h7-15,17-18,27,34-35H,6,16H2,1-5H3/b28-26+. The molecule has 1 atom stereocenters. The molecule has 1 amide bonds. The maximum Gasteiger partial charge on any atom is 0.338 e. The number of anilines is 1. The number of esters is 1. The van der Waals surface area contributed by atoms with Crippen LogP contribution >= 0.6 is 0 Å². The first-order chi connectivity index (χ1) is 18.4. The average Bonchev–Trinajstić information content (AvgIpc) is 3.17. The van der Waals surface area contributed by atoms with E-state index in [2.05, 4.69) is 20.8 Å². The van der Waals surface area contributed by atoms with Crippen molar-refractivity contribution in [2.75, 3.05) is 11.5 Å². The van der Waals surface area contributed by atoms with E-state index in [0.29, 0.717) is 23.2 Å². The summed E-state index contributed by atoms with van der Waals surface area (Å²) in [6.07, 6.45) is 0.663. The van der Waals surface area contributed by atoms with Gasteiger partial charge in [-0.2, -0.15) is 0 Å². The molecule has 1 unspecified atom stereocenters. The first-order valence-electron chi connectivity index (χ1n) is 12.9. The van der Waals surface area contributed by atoms with Crippen molar-refractivity contribution in [1.29, 1.82) is 0 Å². The van der Waals surface area contributed by atoms with Gasteiger partial charge in [-0.05, 0) is 71.8 Å². The third-order valence-electron chi connectivity index (χ3n) is 6.81. The lowest BCUT2D eigenvalue weighted by Gasteiger charge is -2.26. The number of carbonyl (C=O) groups is 3. The zero-order valence-corrected chi connectivity index (χ0v) is 22.8. The van der Waals surface area contributed by atoms with Crippen LogP contribution in [-0.4, -0.2) is 34.5 Å². The number of aromatic hydroxyl groups is 1. The Morgan fingerprint density at radius 3 is 2.33 bits per heavy atom. The number of benzene rings is 3. The summed E-state index contributed by atoms with van der Waals surface area (Å²) in [6.45, 7) is 10.1. The minimum Gasteiger partial charge on any atom is -0.508 e. The van der Waals surface area contributed by atoms with Crippen molar-refractivity contribution in [3.63, 3.8) is 0 Å². The van der Waals surface area contributed by atoms with Crippen LogP contribution in [0.15, 0.2) is 72.3 Å². The Labute approximate surface area is 228 Å². The van der Waals surface area contributed by atoms with Crippen LogP contribution < -0.4 is 4.90 Å². The number of hydrogen-bond acceptors (Lipinski definition) is 6. The Kier molecular flexibility index (Phi) is 7.63. The molecule has 1 heterocycles. The molecule has 0 radical (unpaired) electrons. The molecular weight excluding hydrogens is 494 g/mol. The predicted octanol–water partition coefficient (Wildman–Crippen LogP) is 6.19. The fraction of sp³-hybridized carbons (Fsp3) is 0.281. The Balaban J connectivity index is 1.92. The van der Waals surface area contributed by atoms with Crippen molar-refractivity contribution >= 4 is 29.1 Å². The molecule has 1 aliphatic rings. The summed E-state index contributed by atoms with van der Waals surface area (Å²) in [5.41, 5.74) is 2.94. The average molecular weight is 528 g/mol. The van der Waals surface area contributed by atoms with Gasteiger partial charge in [-0.1, -0.05) is 58.0 Å². The molecule has 1 aliphatic heterocycles. The van der Waals surface area contributed by atoms with Crippen LogP contribution in [0.25, 0.3) is 5.76 Å². The van der Waals surface area contributed by atoms with Gasteiger partial charge in [0.15, 0.2) is 0 Å². The molecule has 0 aliphatic carbocycles. The van der Waals surface area contributed by atoms with Crippen LogP contribution in [0.5, 0.6) is 5.75 Å². The van der Waals surface area contributed by atoms with Crippen molar-refractivity contribution in [1.82, 2.24) is 0 Å². The zero-order chi connectivity index (χ0) is 28.5. The smallest absolute Gasteiger partial charge is 0.338 e. The normalized spacial score (nSPS) is 16.9. The van der Waals surface area contributed by atoms with Crippen molar-refractivity contribution in [3.05, 3.63) is 100 Å². The lowest BCUT2D eigenvalue weighted by Crippen LogP contribution is -2.29. The molecule has 3 aromatic rings. The molecule has 0 bridgehead atoms. The number of ether oxygens (including phenoxy) is 1. The molecule has 39 heavy (non-hydrogen) atoms. The molecule has 0 saturated carbocycles. The van der Waals surface area contributed by atoms with Crippen molar-refractivity contribution in [2.45, 2.75) is 52.5 Å². The van der Waals surface area contributed by atoms with Crippen LogP contribution in [0.4, 0.5) is 5.69 Å². The summed E-state index contributed by atoms with van der Waals surface area (Å²) < 4.78 is 5.25. The molecule has 2 N–H and O–H groups in total. The van der Waals surface area contributed by atoms with Crippen LogP contribution in [0, 0.1) is 6.92 Å². The van der Waals surface area contributed by atoms with E-state index in [4.69, 9.17) is 4.74 Å². The summed E-state index contributed by atoms with van der Waals surface area (Å²) in [6, 6.07) is 17.1. The van der Waals surface area contributed by atoms with Gasteiger partial charge in [0.05, 0.1) is 23.8 Å². The number of phenolic OH excluding ortho intramolecular Hbond substituents is 1. The number of Topliss-reactive ketones (excluding diaryl/α,β-unsaturated/α-hetero) is 1. The highest BCUT2D eigenvalue weighted by atomic mass is 16.5. The van der Waals surface area contributed by atoms with E-state index in [9.17, 15) is 24.6 Å². The van der Waals surface area contributed by atoms with E-state index in [0.717, 1.165) is 11.1 Å². The monoisotopic (exact) mass is 527 g/mol. The van der Waals surface area contributed by atoms with Gasteiger partial charge < -0.3 is 14.9 Å². The maximum absolute atomic E-state index is 13.6. The second-order valence-corrected chi connectivity index (χ2v) is 10.7. The van der Waals surface area contributed by atoms with E-state index in [1.807, 2.05) is 32.0 Å². The molecule has 0 spiro atoms. The van der Waals surface area contributed by atoms with E-state index in [-0.39, 0.29) is 34.7 Å². The van der Waals surface area contributed by atoms with Crippen LogP contribution in [0.3, 0.4) is 0 Å². The number of carbonyl (C=O) groups excluding carboxylic acids is 3. The number of amides is 1. The number of hydrogen-bond donors (Lipinski definition) is 2. The maximum atomic E-state index is 13.6. The number of aryl methyl sites for hydroxylation is 1. The summed E-state index contributed by atoms with van der Waals surface area (Å²) >= 11 is 0.